The van der Waals surface area contributed by atoms with Crippen LogP contribution in [0.4, 0.5) is 5.95 Å². The molecule has 1 fully saturated rings. The molecule has 0 amide bonds. The van der Waals surface area contributed by atoms with E-state index >= 15 is 0 Å². The lowest BCUT2D eigenvalue weighted by molar-refractivity contribution is -0.201. The number of H-pyrrole nitrogens is 1. The molecule has 0 unspecified atom stereocenters. The Balaban J connectivity index is 1.96. The van der Waals surface area contributed by atoms with Crippen molar-refractivity contribution in [3.8, 4) is 0 Å². The quantitative estimate of drug-likeness (QED) is 0.263. The van der Waals surface area contributed by atoms with Crippen molar-refractivity contribution < 1.29 is 23.1 Å². The number of imidazole rings is 1. The number of fused-ring (bicyclic) bond motifs is 1. The average Bonchev–Trinajstić information content (AvgIpc) is 3.00. The Bertz CT molecular complexity index is 734. The van der Waals surface area contributed by atoms with Crippen LogP contribution in [0.2, 0.25) is 0 Å². The molecule has 2 aromatic heterocycles. The molecular weight excluding hydrogens is 413 g/mol. The Morgan fingerprint density at radius 2 is 2.27 bits per heavy atom. The van der Waals surface area contributed by atoms with Crippen LogP contribution in [-0.4, -0.2) is 54.7 Å². The van der Waals surface area contributed by atoms with Gasteiger partial charge in [0.1, 0.15) is 24.9 Å². The lowest BCUT2D eigenvalue weighted by atomic mass is 10.1. The summed E-state index contributed by atoms with van der Waals surface area (Å²) >= 11 is 1.52. The molecular formula is C10H12IN5O6. The van der Waals surface area contributed by atoms with Crippen LogP contribution in [0.1, 0.15) is 6.23 Å². The van der Waals surface area contributed by atoms with Gasteiger partial charge < -0.3 is 20.7 Å². The first-order chi connectivity index (χ1) is 10.5. The van der Waals surface area contributed by atoms with Gasteiger partial charge in [-0.15, -0.1) is 0 Å². The van der Waals surface area contributed by atoms with E-state index in [9.17, 15) is 15.0 Å². The summed E-state index contributed by atoms with van der Waals surface area (Å²) in [5.41, 5.74) is 5.20. The monoisotopic (exact) mass is 425 g/mol. The minimum atomic E-state index is -1.26. The fourth-order valence-electron chi connectivity index (χ4n) is 2.32. The molecule has 3 rings (SSSR count). The predicted molar refractivity (Wildman–Crippen MR) is 79.5 cm³/mol. The Kier molecular flexibility index (Phi) is 4.28. The summed E-state index contributed by atoms with van der Waals surface area (Å²) < 4.78 is 11.3. The lowest BCUT2D eigenvalue weighted by Crippen LogP contribution is -2.33. The van der Waals surface area contributed by atoms with Gasteiger partial charge in [-0.05, 0) is 0 Å². The predicted octanol–water partition coefficient (Wildman–Crippen LogP) is -1.38. The average molecular weight is 425 g/mol. The van der Waals surface area contributed by atoms with Crippen LogP contribution in [0.3, 0.4) is 0 Å². The van der Waals surface area contributed by atoms with Crippen molar-refractivity contribution in [2.24, 2.45) is 0 Å². The van der Waals surface area contributed by atoms with Gasteiger partial charge in [-0.25, -0.2) is 9.87 Å². The Morgan fingerprint density at radius 3 is 3.00 bits per heavy atom. The fraction of sp³-hybridized carbons (Fsp3) is 0.500. The number of aliphatic hydroxyl groups excluding tert-OH is 2. The zero-order valence-corrected chi connectivity index (χ0v) is 13.1. The van der Waals surface area contributed by atoms with Crippen molar-refractivity contribution in [1.82, 2.24) is 19.5 Å². The van der Waals surface area contributed by atoms with Gasteiger partial charge in [-0.3, -0.25) is 14.3 Å². The van der Waals surface area contributed by atoms with E-state index in [0.29, 0.717) is 0 Å². The summed E-state index contributed by atoms with van der Waals surface area (Å²) in [6.07, 6.45) is -2.98. The topological polar surface area (TPSA) is 158 Å². The summed E-state index contributed by atoms with van der Waals surface area (Å²) in [5.74, 6) is -0.0921. The molecule has 4 atom stereocenters. The van der Waals surface area contributed by atoms with Gasteiger partial charge in [0.05, 0.1) is 6.33 Å². The van der Waals surface area contributed by atoms with Crippen LogP contribution in [0, 0.1) is 0 Å². The first-order valence-electron chi connectivity index (χ1n) is 6.17. The zero-order valence-electron chi connectivity index (χ0n) is 10.9. The molecule has 1 aliphatic heterocycles. The van der Waals surface area contributed by atoms with E-state index in [4.69, 9.17) is 15.4 Å². The molecule has 3 heterocycles. The largest absolute Gasteiger partial charge is 0.387 e. The van der Waals surface area contributed by atoms with E-state index in [0.717, 1.165) is 0 Å². The number of aliphatic hydroxyl groups is 2. The summed E-state index contributed by atoms with van der Waals surface area (Å²) in [6.45, 7) is -0.0829. The number of nitrogens with two attached hydrogens (primary N) is 1. The van der Waals surface area contributed by atoms with Crippen LogP contribution in [0.25, 0.3) is 11.2 Å². The highest BCUT2D eigenvalue weighted by Gasteiger charge is 2.44. The van der Waals surface area contributed by atoms with Crippen LogP contribution in [0.15, 0.2) is 11.1 Å². The van der Waals surface area contributed by atoms with Gasteiger partial charge in [-0.2, -0.15) is 8.20 Å². The van der Waals surface area contributed by atoms with E-state index in [-0.39, 0.29) is 23.7 Å². The molecule has 0 aromatic carbocycles. The Hall–Kier alpha value is -1.32. The standard InChI is InChI=1S/C10H12IN5O6/c11-22-20-1-3-5(17)6(18)9(21-3)16-2-13-4-7(16)14-10(12)15-8(4)19/h2-3,5-6,9,17-18H,1H2,(H3,12,14,15,19)/t3-,5-,6-,9-/m1/s1. The number of aromatic nitrogens is 4. The first-order valence-corrected chi connectivity index (χ1v) is 7.05. The van der Waals surface area contributed by atoms with Crippen LogP contribution < -0.4 is 11.3 Å². The number of nitrogen functional groups attached to an aromatic ring is 1. The van der Waals surface area contributed by atoms with E-state index in [1.165, 1.54) is 33.9 Å². The van der Waals surface area contributed by atoms with Crippen LogP contribution in [-0.2, 0) is 12.8 Å². The number of halogens is 1. The molecule has 0 saturated carbocycles. The summed E-state index contributed by atoms with van der Waals surface area (Å²) in [4.78, 5) is 26.7. The Morgan fingerprint density at radius 1 is 1.50 bits per heavy atom. The van der Waals surface area contributed by atoms with E-state index in [2.05, 4.69) is 18.2 Å². The number of ether oxygens (including phenoxy) is 1. The number of aromatic amines is 1. The molecule has 12 heteroatoms. The molecule has 22 heavy (non-hydrogen) atoms. The third-order valence-electron chi connectivity index (χ3n) is 3.34. The van der Waals surface area contributed by atoms with E-state index in [1.807, 2.05) is 0 Å². The Labute approximate surface area is 136 Å². The number of nitrogens with zero attached hydrogens (tertiary/aromatic N) is 3. The van der Waals surface area contributed by atoms with Crippen molar-refractivity contribution in [3.05, 3.63) is 16.7 Å². The molecule has 0 bridgehead atoms. The highest BCUT2D eigenvalue weighted by Crippen LogP contribution is 2.31. The molecule has 1 saturated heterocycles. The van der Waals surface area contributed by atoms with Gasteiger partial charge in [0.2, 0.25) is 5.95 Å². The number of hydrogen-bond donors (Lipinski definition) is 4. The van der Waals surface area contributed by atoms with Crippen LogP contribution in [0.5, 0.6) is 0 Å². The molecule has 0 aliphatic carbocycles. The zero-order chi connectivity index (χ0) is 15.9. The normalized spacial score (nSPS) is 28.5. The van der Waals surface area contributed by atoms with Crippen molar-refractivity contribution >= 4 is 40.1 Å². The highest BCUT2D eigenvalue weighted by molar-refractivity contribution is 14.1. The van der Waals surface area contributed by atoms with Crippen molar-refractivity contribution in [2.45, 2.75) is 24.5 Å². The molecule has 1 aliphatic rings. The fourth-order valence-corrected chi connectivity index (χ4v) is 2.47. The smallest absolute Gasteiger partial charge is 0.280 e. The van der Waals surface area contributed by atoms with Crippen molar-refractivity contribution in [3.63, 3.8) is 0 Å². The van der Waals surface area contributed by atoms with Gasteiger partial charge in [0.25, 0.3) is 5.56 Å². The number of hydrogen-bond acceptors (Lipinski definition) is 9. The molecule has 0 radical (unpaired) electrons. The minimum Gasteiger partial charge on any atom is -0.387 e. The second kappa shape index (κ2) is 6.05. The van der Waals surface area contributed by atoms with Crippen molar-refractivity contribution in [2.75, 3.05) is 12.3 Å². The second-order valence-corrected chi connectivity index (χ2v) is 5.03. The minimum absolute atomic E-state index is 0.0507. The first kappa shape index (κ1) is 15.6. The lowest BCUT2D eigenvalue weighted by Gasteiger charge is -2.16. The molecule has 5 N–H and O–H groups in total. The van der Waals surface area contributed by atoms with Crippen molar-refractivity contribution in [1.29, 1.82) is 0 Å². The summed E-state index contributed by atoms with van der Waals surface area (Å²) in [7, 11) is 0. The maximum Gasteiger partial charge on any atom is 0.280 e. The number of nitrogens with one attached hydrogen (secondary N) is 1. The summed E-state index contributed by atoms with van der Waals surface area (Å²) in [5, 5.41) is 20.1. The molecule has 11 nitrogen and oxygen atoms in total. The van der Waals surface area contributed by atoms with Gasteiger partial charge in [-0.1, -0.05) is 0 Å². The molecule has 0 spiro atoms. The van der Waals surface area contributed by atoms with Crippen LogP contribution >= 0.6 is 23.0 Å². The van der Waals surface area contributed by atoms with Gasteiger partial charge in [0, 0.05) is 0 Å². The van der Waals surface area contributed by atoms with E-state index in [1.54, 1.807) is 0 Å². The van der Waals surface area contributed by atoms with E-state index < -0.39 is 30.1 Å². The molecule has 2 aromatic rings. The highest BCUT2D eigenvalue weighted by atomic mass is 127. The number of rotatable bonds is 4. The number of anilines is 1. The third-order valence-corrected chi connectivity index (χ3v) is 3.59. The maximum atomic E-state index is 11.7. The molecule has 120 valence electrons. The van der Waals surface area contributed by atoms with Gasteiger partial charge in [0.15, 0.2) is 40.4 Å². The third kappa shape index (κ3) is 2.57. The maximum absolute atomic E-state index is 11.7. The second-order valence-electron chi connectivity index (χ2n) is 4.67. The SMILES string of the molecule is Nc1nc2c(ncn2[C@@H]2O[C@H](COOI)[C@@H](O)[C@H]2O)c(=O)[nH]1. The van der Waals surface area contributed by atoms with Gasteiger partial charge >= 0.3 is 0 Å². The summed E-state index contributed by atoms with van der Waals surface area (Å²) in [6, 6.07) is 0.